The Hall–Kier alpha value is -2.83. The van der Waals surface area contributed by atoms with E-state index < -0.39 is 17.7 Å². The molecule has 0 radical (unpaired) electrons. The van der Waals surface area contributed by atoms with Crippen molar-refractivity contribution in [1.29, 1.82) is 0 Å². The summed E-state index contributed by atoms with van der Waals surface area (Å²) >= 11 is 0. The van der Waals surface area contributed by atoms with E-state index in [9.17, 15) is 22.8 Å². The highest BCUT2D eigenvalue weighted by atomic mass is 19.4. The number of benzene rings is 2. The summed E-state index contributed by atoms with van der Waals surface area (Å²) in [6.07, 6.45) is -4.06. The van der Waals surface area contributed by atoms with Gasteiger partial charge < -0.3 is 9.47 Å². The number of carbonyl (C=O) groups is 2. The Balaban J connectivity index is 2.80. The summed E-state index contributed by atoms with van der Waals surface area (Å²) in [7, 11) is 2.42. The number of hydrogen-bond donors (Lipinski definition) is 0. The molecule has 0 saturated heterocycles. The van der Waals surface area contributed by atoms with Gasteiger partial charge in [-0.25, -0.2) is 4.79 Å². The quantitative estimate of drug-likeness (QED) is 0.625. The Morgan fingerprint density at radius 3 is 2.33 bits per heavy atom. The average Bonchev–Trinajstić information content (AvgIpc) is 2.58. The number of para-hydroxylation sites is 1. The predicted octanol–water partition coefficient (Wildman–Crippen LogP) is 3.98. The van der Waals surface area contributed by atoms with Crippen LogP contribution in [0.2, 0.25) is 0 Å². The number of carbonyl (C=O) groups excluding carboxylic acids is 2. The number of alkyl halides is 3. The number of ether oxygens (including phenoxy) is 2. The number of aldehydes is 1. The molecule has 24 heavy (non-hydrogen) atoms. The molecule has 0 atom stereocenters. The first-order valence-corrected chi connectivity index (χ1v) is 6.75. The van der Waals surface area contributed by atoms with Crippen LogP contribution in [0.4, 0.5) is 13.2 Å². The smallest absolute Gasteiger partial charge is 0.416 e. The molecule has 0 unspecified atom stereocenters. The standard InChI is InChI=1S/C17H13F3O4/c1-23-15-10(9-21)4-3-5-12(15)14-8-11(17(18,19)20)6-7-13(14)16(22)24-2/h3-9H,1-2H3. The maximum Gasteiger partial charge on any atom is 0.416 e. The lowest BCUT2D eigenvalue weighted by Gasteiger charge is -2.16. The fourth-order valence-electron chi connectivity index (χ4n) is 2.32. The minimum atomic E-state index is -4.58. The summed E-state index contributed by atoms with van der Waals surface area (Å²) in [5.74, 6) is -0.714. The third-order valence-corrected chi connectivity index (χ3v) is 3.42. The number of hydrogen-bond acceptors (Lipinski definition) is 4. The van der Waals surface area contributed by atoms with Crippen molar-refractivity contribution < 1.29 is 32.2 Å². The molecule has 2 aromatic rings. The van der Waals surface area contributed by atoms with Crippen LogP contribution < -0.4 is 4.74 Å². The van der Waals surface area contributed by atoms with E-state index in [1.54, 1.807) is 0 Å². The number of esters is 1. The second-order valence-electron chi connectivity index (χ2n) is 4.80. The second kappa shape index (κ2) is 6.74. The van der Waals surface area contributed by atoms with Crippen molar-refractivity contribution in [3.63, 3.8) is 0 Å². The molecular formula is C17H13F3O4. The number of methoxy groups -OCH3 is 2. The van der Waals surface area contributed by atoms with Gasteiger partial charge in [-0.1, -0.05) is 12.1 Å². The topological polar surface area (TPSA) is 52.6 Å². The highest BCUT2D eigenvalue weighted by molar-refractivity contribution is 5.99. The van der Waals surface area contributed by atoms with E-state index in [4.69, 9.17) is 4.74 Å². The zero-order chi connectivity index (χ0) is 17.9. The van der Waals surface area contributed by atoms with Crippen molar-refractivity contribution in [2.45, 2.75) is 6.18 Å². The van der Waals surface area contributed by atoms with Crippen LogP contribution in [0.5, 0.6) is 5.75 Å². The largest absolute Gasteiger partial charge is 0.495 e. The first kappa shape index (κ1) is 17.5. The van der Waals surface area contributed by atoms with Crippen LogP contribution in [-0.2, 0) is 10.9 Å². The molecular weight excluding hydrogens is 325 g/mol. The molecule has 0 aliphatic carbocycles. The van der Waals surface area contributed by atoms with E-state index in [2.05, 4.69) is 4.74 Å². The van der Waals surface area contributed by atoms with Gasteiger partial charge in [0.1, 0.15) is 5.75 Å². The van der Waals surface area contributed by atoms with Gasteiger partial charge in [-0.05, 0) is 24.3 Å². The average molecular weight is 338 g/mol. The predicted molar refractivity (Wildman–Crippen MR) is 80.2 cm³/mol. The van der Waals surface area contributed by atoms with Gasteiger partial charge in [-0.15, -0.1) is 0 Å². The summed E-state index contributed by atoms with van der Waals surface area (Å²) in [6, 6.07) is 7.08. The first-order chi connectivity index (χ1) is 11.3. The van der Waals surface area contributed by atoms with E-state index >= 15 is 0 Å². The Kier molecular flexibility index (Phi) is 4.92. The third kappa shape index (κ3) is 3.24. The summed E-state index contributed by atoms with van der Waals surface area (Å²) in [5, 5.41) is 0. The van der Waals surface area contributed by atoms with Crippen LogP contribution in [0.25, 0.3) is 11.1 Å². The summed E-state index contributed by atoms with van der Waals surface area (Å²) < 4.78 is 48.8. The summed E-state index contributed by atoms with van der Waals surface area (Å²) in [4.78, 5) is 23.0. The van der Waals surface area contributed by atoms with Gasteiger partial charge in [-0.2, -0.15) is 13.2 Å². The molecule has 0 bridgehead atoms. The molecule has 126 valence electrons. The molecule has 2 aromatic carbocycles. The van der Waals surface area contributed by atoms with Gasteiger partial charge >= 0.3 is 12.1 Å². The lowest BCUT2D eigenvalue weighted by Crippen LogP contribution is -2.09. The van der Waals surface area contributed by atoms with Crippen molar-refractivity contribution in [3.05, 3.63) is 53.1 Å². The SMILES string of the molecule is COC(=O)c1ccc(C(F)(F)F)cc1-c1cccc(C=O)c1OC. The van der Waals surface area contributed by atoms with Gasteiger partial charge in [-0.3, -0.25) is 4.79 Å². The van der Waals surface area contributed by atoms with Gasteiger partial charge in [0.2, 0.25) is 0 Å². The van der Waals surface area contributed by atoms with E-state index in [0.717, 1.165) is 25.3 Å². The molecule has 0 amide bonds. The van der Waals surface area contributed by atoms with Crippen molar-refractivity contribution in [2.75, 3.05) is 14.2 Å². The Bertz CT molecular complexity index is 782. The molecule has 0 aliphatic heterocycles. The molecule has 0 aromatic heterocycles. The first-order valence-electron chi connectivity index (χ1n) is 6.75. The van der Waals surface area contributed by atoms with Gasteiger partial charge in [0, 0.05) is 11.1 Å². The zero-order valence-electron chi connectivity index (χ0n) is 12.8. The van der Waals surface area contributed by atoms with Crippen LogP contribution in [0, 0.1) is 0 Å². The van der Waals surface area contributed by atoms with Crippen LogP contribution >= 0.6 is 0 Å². The fourth-order valence-corrected chi connectivity index (χ4v) is 2.32. The molecule has 7 heteroatoms. The van der Waals surface area contributed by atoms with E-state index in [1.807, 2.05) is 0 Å². The van der Waals surface area contributed by atoms with Gasteiger partial charge in [0.05, 0.1) is 30.9 Å². The van der Waals surface area contributed by atoms with E-state index in [0.29, 0.717) is 6.29 Å². The molecule has 0 N–H and O–H groups in total. The van der Waals surface area contributed by atoms with E-state index in [1.165, 1.54) is 25.3 Å². The van der Waals surface area contributed by atoms with Crippen molar-refractivity contribution in [1.82, 2.24) is 0 Å². The third-order valence-electron chi connectivity index (χ3n) is 3.42. The molecule has 0 saturated carbocycles. The lowest BCUT2D eigenvalue weighted by atomic mass is 9.95. The normalized spacial score (nSPS) is 11.0. The Morgan fingerprint density at radius 2 is 1.79 bits per heavy atom. The van der Waals surface area contributed by atoms with Crippen LogP contribution in [-0.4, -0.2) is 26.5 Å². The molecule has 2 rings (SSSR count). The molecule has 0 fully saturated rings. The maximum atomic E-state index is 13.0. The molecule has 0 spiro atoms. The maximum absolute atomic E-state index is 13.0. The lowest BCUT2D eigenvalue weighted by molar-refractivity contribution is -0.137. The van der Waals surface area contributed by atoms with Crippen LogP contribution in [0.1, 0.15) is 26.3 Å². The van der Waals surface area contributed by atoms with Gasteiger partial charge in [0.25, 0.3) is 0 Å². The second-order valence-corrected chi connectivity index (χ2v) is 4.80. The van der Waals surface area contributed by atoms with Crippen LogP contribution in [0.15, 0.2) is 36.4 Å². The van der Waals surface area contributed by atoms with Gasteiger partial charge in [0.15, 0.2) is 6.29 Å². The summed E-state index contributed by atoms with van der Waals surface area (Å²) in [5.41, 5.74) is -0.676. The van der Waals surface area contributed by atoms with E-state index in [-0.39, 0.29) is 28.0 Å². The highest BCUT2D eigenvalue weighted by Gasteiger charge is 2.32. The highest BCUT2D eigenvalue weighted by Crippen LogP contribution is 2.38. The van der Waals surface area contributed by atoms with Crippen molar-refractivity contribution in [3.8, 4) is 16.9 Å². The molecule has 0 aliphatic rings. The Morgan fingerprint density at radius 1 is 1.08 bits per heavy atom. The van der Waals surface area contributed by atoms with Crippen LogP contribution in [0.3, 0.4) is 0 Å². The summed E-state index contributed by atoms with van der Waals surface area (Å²) in [6.45, 7) is 0. The number of rotatable bonds is 4. The number of halogens is 3. The molecule has 4 nitrogen and oxygen atoms in total. The molecule has 0 heterocycles. The minimum Gasteiger partial charge on any atom is -0.495 e. The Labute approximate surface area is 135 Å². The minimum absolute atomic E-state index is 0.0303. The van der Waals surface area contributed by atoms with Crippen molar-refractivity contribution in [2.24, 2.45) is 0 Å². The fraction of sp³-hybridized carbons (Fsp3) is 0.176. The zero-order valence-corrected chi connectivity index (χ0v) is 12.8. The monoisotopic (exact) mass is 338 g/mol. The van der Waals surface area contributed by atoms with Crippen molar-refractivity contribution >= 4 is 12.3 Å².